The molecule has 0 atom stereocenters. The molecule has 0 spiro atoms. The van der Waals surface area contributed by atoms with Gasteiger partial charge in [-0.3, -0.25) is 9.80 Å². The highest BCUT2D eigenvalue weighted by Gasteiger charge is 2.34. The fourth-order valence-electron chi connectivity index (χ4n) is 7.65. The maximum absolute atomic E-state index is 11.6. The number of carboxylic acids is 2. The molecule has 18 nitrogen and oxygen atoms in total. The lowest BCUT2D eigenvalue weighted by molar-refractivity contribution is 0.0682. The van der Waals surface area contributed by atoms with Gasteiger partial charge in [0.2, 0.25) is 23.8 Å². The molecule has 6 aromatic rings. The van der Waals surface area contributed by atoms with Gasteiger partial charge in [-0.1, -0.05) is 48.5 Å². The first-order chi connectivity index (χ1) is 30.8. The van der Waals surface area contributed by atoms with Gasteiger partial charge in [0.05, 0.1) is 14.2 Å². The summed E-state index contributed by atoms with van der Waals surface area (Å²) in [6.07, 6.45) is -0.0407. The van der Waals surface area contributed by atoms with Crippen molar-refractivity contribution in [3.63, 3.8) is 0 Å². The lowest BCUT2D eigenvalue weighted by atomic mass is 9.90. The van der Waals surface area contributed by atoms with Gasteiger partial charge in [0.1, 0.15) is 45.5 Å². The van der Waals surface area contributed by atoms with Crippen LogP contribution in [0.5, 0.6) is 23.0 Å². The molecule has 0 saturated carbocycles. The number of carboxylic acid groups (broad SMARTS) is 2. The van der Waals surface area contributed by atoms with Crippen LogP contribution in [0.4, 0.5) is 11.4 Å². The molecule has 65 heavy (non-hydrogen) atoms. The molecular formula is C47H50N10O8. The smallest absolute Gasteiger partial charge is 0.339 e. The van der Waals surface area contributed by atoms with Gasteiger partial charge in [0.15, 0.2) is 0 Å². The van der Waals surface area contributed by atoms with Crippen molar-refractivity contribution in [2.45, 2.75) is 45.4 Å². The standard InChI is InChI=1S/C23H16O6.2C12H17N5O/c24-20-16(14-7-3-1-5-12(14)9-18(20)22(26)27)11-17-15-8-4-2-6-13(15)10-19(21(17)25)23(28)29;2*1-12(2)16-10(13)15-11(14)17(12)8-4-6-9(18-3)7-5-8/h1-10,24-25H,11H2,(H,26,27)(H,28,29);2*4-7H,1-3H3,(H4,13,14,15,16). The average Bonchev–Trinajstić information content (AvgIpc) is 3.24. The van der Waals surface area contributed by atoms with Gasteiger partial charge < -0.3 is 52.8 Å². The minimum absolute atomic E-state index is 0.0407. The monoisotopic (exact) mass is 882 g/mol. The highest BCUT2D eigenvalue weighted by molar-refractivity contribution is 6.07. The molecule has 18 heteroatoms. The Morgan fingerprint density at radius 2 is 0.908 bits per heavy atom. The molecule has 0 fully saturated rings. The Morgan fingerprint density at radius 1 is 0.569 bits per heavy atom. The molecule has 336 valence electrons. The van der Waals surface area contributed by atoms with E-state index >= 15 is 0 Å². The van der Waals surface area contributed by atoms with Crippen molar-refractivity contribution in [3.05, 3.63) is 131 Å². The quantitative estimate of drug-likeness (QED) is 0.0851. The Balaban J connectivity index is 0.000000170. The zero-order chi connectivity index (χ0) is 47.4. The Morgan fingerprint density at radius 3 is 1.22 bits per heavy atom. The van der Waals surface area contributed by atoms with Crippen LogP contribution in [0.2, 0.25) is 0 Å². The summed E-state index contributed by atoms with van der Waals surface area (Å²) in [7, 11) is 3.25. The number of anilines is 2. The number of nitrogens with zero attached hydrogens (tertiary/aromatic N) is 6. The number of aliphatic imine (C=N–C) groups is 4. The van der Waals surface area contributed by atoms with Crippen molar-refractivity contribution in [2.75, 3.05) is 24.0 Å². The largest absolute Gasteiger partial charge is 0.507 e. The van der Waals surface area contributed by atoms with Crippen molar-refractivity contribution in [3.8, 4) is 23.0 Å². The summed E-state index contributed by atoms with van der Waals surface area (Å²) in [4.78, 5) is 43.4. The maximum Gasteiger partial charge on any atom is 0.339 e. The molecule has 0 saturated heterocycles. The van der Waals surface area contributed by atoms with E-state index in [1.165, 1.54) is 12.1 Å². The van der Waals surface area contributed by atoms with E-state index in [1.54, 1.807) is 62.8 Å². The number of aromatic carboxylic acids is 2. The molecule has 8 rings (SSSR count). The highest BCUT2D eigenvalue weighted by Crippen LogP contribution is 2.39. The van der Waals surface area contributed by atoms with Crippen LogP contribution in [0, 0.1) is 0 Å². The SMILES string of the molecule is COc1ccc(N2C(N)=NC(N)=NC2(C)C)cc1.COc1ccc(N2C(N)=NC(N)=NC2(C)C)cc1.O=C(O)c1cc2ccccc2c(Cc2c(O)c(C(=O)O)cc3ccccc23)c1O. The second-order valence-corrected chi connectivity index (χ2v) is 15.7. The first kappa shape index (κ1) is 46.0. The summed E-state index contributed by atoms with van der Waals surface area (Å²) in [5.41, 5.74) is 23.9. The fourth-order valence-corrected chi connectivity index (χ4v) is 7.65. The Bertz CT molecular complexity index is 2710. The molecule has 0 unspecified atom stereocenters. The zero-order valence-corrected chi connectivity index (χ0v) is 36.5. The lowest BCUT2D eigenvalue weighted by Gasteiger charge is -2.38. The van der Waals surface area contributed by atoms with Crippen molar-refractivity contribution in [1.29, 1.82) is 0 Å². The van der Waals surface area contributed by atoms with E-state index in [4.69, 9.17) is 32.4 Å². The van der Waals surface area contributed by atoms with Crippen molar-refractivity contribution in [2.24, 2.45) is 42.9 Å². The summed E-state index contributed by atoms with van der Waals surface area (Å²) in [5.74, 6) is -0.731. The molecule has 0 amide bonds. The van der Waals surface area contributed by atoms with E-state index in [0.29, 0.717) is 44.6 Å². The topological polar surface area (TPSA) is 294 Å². The average molecular weight is 883 g/mol. The third-order valence-corrected chi connectivity index (χ3v) is 10.5. The van der Waals surface area contributed by atoms with Crippen LogP contribution in [0.1, 0.15) is 59.5 Å². The second-order valence-electron chi connectivity index (χ2n) is 15.7. The molecule has 0 aromatic heterocycles. The van der Waals surface area contributed by atoms with Crippen LogP contribution in [0.15, 0.2) is 129 Å². The molecule has 2 aliphatic rings. The van der Waals surface area contributed by atoms with Crippen LogP contribution < -0.4 is 42.2 Å². The van der Waals surface area contributed by atoms with E-state index in [-0.39, 0.29) is 29.5 Å². The number of benzene rings is 6. The number of methoxy groups -OCH3 is 2. The molecule has 2 aliphatic heterocycles. The van der Waals surface area contributed by atoms with E-state index in [9.17, 15) is 30.0 Å². The molecule has 12 N–H and O–H groups in total. The first-order valence-electron chi connectivity index (χ1n) is 20.0. The summed E-state index contributed by atoms with van der Waals surface area (Å²) < 4.78 is 10.2. The van der Waals surface area contributed by atoms with E-state index in [0.717, 1.165) is 22.9 Å². The van der Waals surface area contributed by atoms with E-state index in [1.807, 2.05) is 86.0 Å². The number of hydrogen-bond acceptors (Lipinski definition) is 16. The fraction of sp³-hybridized carbons (Fsp3) is 0.191. The minimum atomic E-state index is -1.28. The van der Waals surface area contributed by atoms with E-state index < -0.39 is 34.8 Å². The highest BCUT2D eigenvalue weighted by atomic mass is 16.5. The van der Waals surface area contributed by atoms with Crippen LogP contribution in [-0.2, 0) is 6.42 Å². The van der Waals surface area contributed by atoms with Crippen LogP contribution in [0.3, 0.4) is 0 Å². The number of nitrogens with two attached hydrogens (primary N) is 4. The number of ether oxygens (including phenoxy) is 2. The maximum atomic E-state index is 11.6. The summed E-state index contributed by atoms with van der Waals surface area (Å²) in [5, 5.41) is 42.8. The number of hydrogen-bond donors (Lipinski definition) is 8. The third kappa shape index (κ3) is 9.76. The molecule has 6 aromatic carbocycles. The number of guanidine groups is 4. The zero-order valence-electron chi connectivity index (χ0n) is 36.5. The number of fused-ring (bicyclic) bond motifs is 2. The summed E-state index contributed by atoms with van der Waals surface area (Å²) >= 11 is 0. The van der Waals surface area contributed by atoms with Gasteiger partial charge in [0.25, 0.3) is 0 Å². The number of rotatable bonds is 8. The number of aromatic hydroxyl groups is 2. The predicted molar refractivity (Wildman–Crippen MR) is 254 cm³/mol. The van der Waals surface area contributed by atoms with Crippen molar-refractivity contribution >= 4 is 68.7 Å². The first-order valence-corrected chi connectivity index (χ1v) is 20.0. The third-order valence-electron chi connectivity index (χ3n) is 10.5. The summed E-state index contributed by atoms with van der Waals surface area (Å²) in [6, 6.07) is 31.8. The second kappa shape index (κ2) is 18.4. The predicted octanol–water partition coefficient (Wildman–Crippen LogP) is 6.15. The van der Waals surface area contributed by atoms with Crippen molar-refractivity contribution in [1.82, 2.24) is 0 Å². The molecular weight excluding hydrogens is 833 g/mol. The van der Waals surface area contributed by atoms with Gasteiger partial charge in [-0.05, 0) is 110 Å². The van der Waals surface area contributed by atoms with Crippen LogP contribution in [-0.4, -0.2) is 81.7 Å². The lowest BCUT2D eigenvalue weighted by Crippen LogP contribution is -2.54. The Labute approximate surface area is 374 Å². The molecule has 2 heterocycles. The Hall–Kier alpha value is -8.54. The van der Waals surface area contributed by atoms with Crippen LogP contribution in [0.25, 0.3) is 21.5 Å². The van der Waals surface area contributed by atoms with Gasteiger partial charge in [0, 0.05) is 28.9 Å². The van der Waals surface area contributed by atoms with Gasteiger partial charge in [-0.2, -0.15) is 9.98 Å². The minimum Gasteiger partial charge on any atom is -0.507 e. The number of carbonyl (C=O) groups is 2. The Kier molecular flexibility index (Phi) is 13.0. The molecule has 0 bridgehead atoms. The van der Waals surface area contributed by atoms with E-state index in [2.05, 4.69) is 20.0 Å². The molecule has 0 radical (unpaired) electrons. The number of phenols is 2. The van der Waals surface area contributed by atoms with Gasteiger partial charge >= 0.3 is 11.9 Å². The summed E-state index contributed by atoms with van der Waals surface area (Å²) in [6.45, 7) is 7.69. The van der Waals surface area contributed by atoms with Gasteiger partial charge in [-0.15, -0.1) is 0 Å². The van der Waals surface area contributed by atoms with Gasteiger partial charge in [-0.25, -0.2) is 19.6 Å². The normalized spacial score (nSPS) is 14.9. The van der Waals surface area contributed by atoms with Crippen molar-refractivity contribution < 1.29 is 39.5 Å². The van der Waals surface area contributed by atoms with Crippen LogP contribution >= 0.6 is 0 Å². The molecule has 0 aliphatic carbocycles.